The molecule has 2 unspecified atom stereocenters. The van der Waals surface area contributed by atoms with Gasteiger partial charge in [-0.3, -0.25) is 10.1 Å². The zero-order valence-corrected chi connectivity index (χ0v) is 13.4. The molecule has 2 atom stereocenters. The van der Waals surface area contributed by atoms with E-state index in [4.69, 9.17) is 4.74 Å². The molecule has 4 nitrogen and oxygen atoms in total. The molecule has 0 aliphatic carbocycles. The molecule has 0 aromatic heterocycles. The van der Waals surface area contributed by atoms with Gasteiger partial charge in [0, 0.05) is 25.6 Å². The minimum Gasteiger partial charge on any atom is -0.381 e. The van der Waals surface area contributed by atoms with Gasteiger partial charge in [0.1, 0.15) is 5.54 Å². The van der Waals surface area contributed by atoms with Crippen LogP contribution in [0.4, 0.5) is 0 Å². The Bertz CT molecular complexity index is 497. The summed E-state index contributed by atoms with van der Waals surface area (Å²) in [5.41, 5.74) is 0.590. The van der Waals surface area contributed by atoms with Crippen LogP contribution in [-0.2, 0) is 15.1 Å². The van der Waals surface area contributed by atoms with Crippen LogP contribution in [0, 0.1) is 5.92 Å². The van der Waals surface area contributed by atoms with Gasteiger partial charge in [0.2, 0.25) is 5.91 Å². The molecule has 1 aromatic rings. The number of carbonyl (C=O) groups is 1. The molecule has 2 heterocycles. The van der Waals surface area contributed by atoms with E-state index < -0.39 is 5.54 Å². The van der Waals surface area contributed by atoms with Gasteiger partial charge in [0.05, 0.1) is 6.61 Å². The fourth-order valence-electron chi connectivity index (χ4n) is 3.73. The average molecular weight is 302 g/mol. The van der Waals surface area contributed by atoms with Crippen LogP contribution in [0.2, 0.25) is 0 Å². The summed E-state index contributed by atoms with van der Waals surface area (Å²) in [6.07, 6.45) is 3.00. The number of benzene rings is 1. The molecule has 1 aromatic carbocycles. The Morgan fingerprint density at radius 3 is 2.91 bits per heavy atom. The monoisotopic (exact) mass is 302 g/mol. The highest BCUT2D eigenvalue weighted by Crippen LogP contribution is 2.34. The summed E-state index contributed by atoms with van der Waals surface area (Å²) in [6.45, 7) is 6.13. The number of nitrogens with one attached hydrogen (secondary N) is 1. The molecule has 2 aliphatic rings. The fourth-order valence-corrected chi connectivity index (χ4v) is 3.73. The highest BCUT2D eigenvalue weighted by molar-refractivity contribution is 5.88. The van der Waals surface area contributed by atoms with E-state index >= 15 is 0 Å². The van der Waals surface area contributed by atoms with Gasteiger partial charge in [-0.15, -0.1) is 0 Å². The molecule has 3 rings (SSSR count). The molecule has 0 saturated carbocycles. The third-order valence-electron chi connectivity index (χ3n) is 4.92. The molecule has 2 fully saturated rings. The minimum atomic E-state index is -0.512. The third kappa shape index (κ3) is 2.90. The molecule has 120 valence electrons. The summed E-state index contributed by atoms with van der Waals surface area (Å²) in [5.74, 6) is 0.730. The van der Waals surface area contributed by atoms with Gasteiger partial charge in [-0.1, -0.05) is 30.3 Å². The van der Waals surface area contributed by atoms with Gasteiger partial charge in [-0.2, -0.15) is 0 Å². The highest BCUT2D eigenvalue weighted by Gasteiger charge is 2.46. The molecule has 0 radical (unpaired) electrons. The van der Waals surface area contributed by atoms with E-state index in [2.05, 4.69) is 17.4 Å². The average Bonchev–Trinajstić information content (AvgIpc) is 3.23. The molecule has 1 amide bonds. The van der Waals surface area contributed by atoms with Crippen LogP contribution in [0.15, 0.2) is 30.3 Å². The van der Waals surface area contributed by atoms with Crippen LogP contribution in [0.1, 0.15) is 31.7 Å². The molecule has 4 heteroatoms. The van der Waals surface area contributed by atoms with Crippen LogP contribution < -0.4 is 5.32 Å². The first kappa shape index (κ1) is 15.5. The largest absolute Gasteiger partial charge is 0.381 e. The maximum Gasteiger partial charge on any atom is 0.247 e. The van der Waals surface area contributed by atoms with Crippen LogP contribution in [-0.4, -0.2) is 43.7 Å². The Labute approximate surface area is 132 Å². The van der Waals surface area contributed by atoms with E-state index in [1.807, 2.05) is 30.0 Å². The van der Waals surface area contributed by atoms with Crippen LogP contribution >= 0.6 is 0 Å². The Kier molecular flexibility index (Phi) is 4.79. The summed E-state index contributed by atoms with van der Waals surface area (Å²) in [7, 11) is 0. The summed E-state index contributed by atoms with van der Waals surface area (Å²) < 4.78 is 5.53. The van der Waals surface area contributed by atoms with Crippen molar-refractivity contribution in [2.45, 2.75) is 31.7 Å². The van der Waals surface area contributed by atoms with Crippen molar-refractivity contribution >= 4 is 5.91 Å². The first-order valence-corrected chi connectivity index (χ1v) is 8.44. The van der Waals surface area contributed by atoms with Crippen molar-refractivity contribution in [1.82, 2.24) is 10.2 Å². The van der Waals surface area contributed by atoms with E-state index in [0.29, 0.717) is 5.92 Å². The molecule has 2 saturated heterocycles. The Balaban J connectivity index is 1.74. The second kappa shape index (κ2) is 6.80. The predicted molar refractivity (Wildman–Crippen MR) is 86.5 cm³/mol. The number of ether oxygens (including phenoxy) is 1. The number of rotatable bonds is 5. The second-order valence-electron chi connectivity index (χ2n) is 6.37. The zero-order chi connectivity index (χ0) is 15.4. The minimum absolute atomic E-state index is 0.246. The van der Waals surface area contributed by atoms with Crippen molar-refractivity contribution in [2.24, 2.45) is 5.92 Å². The number of hydrogen-bond donors (Lipinski definition) is 1. The van der Waals surface area contributed by atoms with Crippen molar-refractivity contribution in [3.8, 4) is 0 Å². The van der Waals surface area contributed by atoms with Crippen LogP contribution in [0.5, 0.6) is 0 Å². The number of amides is 1. The number of hydrogen-bond acceptors (Lipinski definition) is 3. The van der Waals surface area contributed by atoms with Crippen molar-refractivity contribution in [1.29, 1.82) is 0 Å². The van der Waals surface area contributed by atoms with Gasteiger partial charge in [0.25, 0.3) is 0 Å². The summed E-state index contributed by atoms with van der Waals surface area (Å²) in [5, 5.41) is 3.50. The maximum atomic E-state index is 13.2. The van der Waals surface area contributed by atoms with Crippen molar-refractivity contribution in [3.05, 3.63) is 35.9 Å². The first-order chi connectivity index (χ1) is 10.8. The highest BCUT2D eigenvalue weighted by atomic mass is 16.5. The van der Waals surface area contributed by atoms with E-state index in [9.17, 15) is 4.79 Å². The van der Waals surface area contributed by atoms with Crippen LogP contribution in [0.25, 0.3) is 0 Å². The van der Waals surface area contributed by atoms with E-state index in [1.165, 1.54) is 0 Å². The fraction of sp³-hybridized carbons (Fsp3) is 0.611. The Morgan fingerprint density at radius 1 is 1.41 bits per heavy atom. The molecule has 2 aliphatic heterocycles. The summed E-state index contributed by atoms with van der Waals surface area (Å²) in [6, 6.07) is 10.2. The summed E-state index contributed by atoms with van der Waals surface area (Å²) in [4.78, 5) is 15.2. The van der Waals surface area contributed by atoms with Gasteiger partial charge in [-0.25, -0.2) is 0 Å². The number of carbonyl (C=O) groups excluding carboxylic acids is 1. The zero-order valence-electron chi connectivity index (χ0n) is 13.4. The smallest absolute Gasteiger partial charge is 0.247 e. The molecular formula is C18H26N2O2. The number of nitrogens with zero attached hydrogens (tertiary/aromatic N) is 1. The lowest BCUT2D eigenvalue weighted by atomic mass is 9.87. The maximum absolute atomic E-state index is 13.2. The summed E-state index contributed by atoms with van der Waals surface area (Å²) >= 11 is 0. The second-order valence-corrected chi connectivity index (χ2v) is 6.37. The van der Waals surface area contributed by atoms with Crippen LogP contribution in [0.3, 0.4) is 0 Å². The molecule has 0 bridgehead atoms. The predicted octanol–water partition coefficient (Wildman–Crippen LogP) is 2.15. The van der Waals surface area contributed by atoms with Gasteiger partial charge in [0.15, 0.2) is 0 Å². The topological polar surface area (TPSA) is 41.6 Å². The quantitative estimate of drug-likeness (QED) is 0.906. The lowest BCUT2D eigenvalue weighted by molar-refractivity contribution is -0.137. The lowest BCUT2D eigenvalue weighted by Crippen LogP contribution is -2.52. The van der Waals surface area contributed by atoms with Gasteiger partial charge >= 0.3 is 0 Å². The number of likely N-dealkylation sites (tertiary alicyclic amines) is 1. The molecule has 22 heavy (non-hydrogen) atoms. The van der Waals surface area contributed by atoms with Crippen molar-refractivity contribution < 1.29 is 9.53 Å². The third-order valence-corrected chi connectivity index (χ3v) is 4.92. The first-order valence-electron chi connectivity index (χ1n) is 8.44. The van der Waals surface area contributed by atoms with E-state index in [1.54, 1.807) is 0 Å². The van der Waals surface area contributed by atoms with E-state index in [0.717, 1.165) is 57.7 Å². The Hall–Kier alpha value is -1.39. The Morgan fingerprint density at radius 2 is 2.23 bits per heavy atom. The SMILES string of the molecule is CCOCC1CCN(C(=O)C2(c3ccccc3)CCCN2)C1. The molecule has 1 N–H and O–H groups in total. The lowest BCUT2D eigenvalue weighted by Gasteiger charge is -2.33. The van der Waals surface area contributed by atoms with Gasteiger partial charge < -0.3 is 9.64 Å². The molecular weight excluding hydrogens is 276 g/mol. The van der Waals surface area contributed by atoms with Crippen molar-refractivity contribution in [2.75, 3.05) is 32.8 Å². The standard InChI is InChI=1S/C18H26N2O2/c1-2-22-14-15-9-12-20(13-15)17(21)18(10-6-11-19-18)16-7-4-3-5-8-16/h3-5,7-8,15,19H,2,6,9-14H2,1H3. The normalized spacial score (nSPS) is 28.2. The van der Waals surface area contributed by atoms with E-state index in [-0.39, 0.29) is 5.91 Å². The van der Waals surface area contributed by atoms with Crippen molar-refractivity contribution in [3.63, 3.8) is 0 Å². The molecule has 0 spiro atoms. The van der Waals surface area contributed by atoms with Gasteiger partial charge in [-0.05, 0) is 38.3 Å².